The third-order valence-corrected chi connectivity index (χ3v) is 3.00. The highest BCUT2D eigenvalue weighted by molar-refractivity contribution is 6.32. The van der Waals surface area contributed by atoms with Crippen LogP contribution in [0.15, 0.2) is 36.7 Å². The fourth-order valence-corrected chi connectivity index (χ4v) is 1.74. The van der Waals surface area contributed by atoms with Gasteiger partial charge < -0.3 is 5.73 Å². The zero-order chi connectivity index (χ0) is 16.5. The second-order valence-corrected chi connectivity index (χ2v) is 4.65. The molecule has 0 amide bonds. The first-order valence-electron chi connectivity index (χ1n) is 5.92. The van der Waals surface area contributed by atoms with E-state index in [9.17, 15) is 0 Å². The quantitative estimate of drug-likeness (QED) is 0.149. The van der Waals surface area contributed by atoms with E-state index in [0.717, 1.165) is 10.6 Å². The summed E-state index contributed by atoms with van der Waals surface area (Å²) in [6, 6.07) is 6.85. The molecule has 9 heteroatoms. The van der Waals surface area contributed by atoms with E-state index in [2.05, 4.69) is 9.97 Å². The molecule has 0 aliphatic rings. The molecule has 2 aromatic heterocycles. The van der Waals surface area contributed by atoms with Crippen LogP contribution >= 0.6 is 23.2 Å². The Hall–Kier alpha value is -2.40. The van der Waals surface area contributed by atoms with E-state index in [1.165, 1.54) is 0 Å². The van der Waals surface area contributed by atoms with Gasteiger partial charge in [-0.25, -0.2) is 20.8 Å². The lowest BCUT2D eigenvalue weighted by atomic mass is 10.3. The van der Waals surface area contributed by atoms with Crippen molar-refractivity contribution in [3.8, 4) is 6.19 Å². The smallest absolute Gasteiger partial charge is 0.195 e. The molecule has 7 nitrogen and oxygen atoms in total. The topological polar surface area (TPSA) is 129 Å². The van der Waals surface area contributed by atoms with Gasteiger partial charge in [0.05, 0.1) is 12.1 Å². The average molecular weight is 338 g/mol. The molecule has 114 valence electrons. The zero-order valence-electron chi connectivity index (χ0n) is 11.4. The van der Waals surface area contributed by atoms with Crippen LogP contribution in [0.2, 0.25) is 10.3 Å². The Morgan fingerprint density at radius 2 is 1.82 bits per heavy atom. The third-order valence-electron chi connectivity index (χ3n) is 2.35. The van der Waals surface area contributed by atoms with E-state index >= 15 is 0 Å². The summed E-state index contributed by atoms with van der Waals surface area (Å²) in [7, 11) is 0. The molecule has 2 heterocycles. The number of nitrogens with two attached hydrogens (primary N) is 2. The van der Waals surface area contributed by atoms with Crippen molar-refractivity contribution in [2.75, 3.05) is 0 Å². The molecule has 0 atom stereocenters. The van der Waals surface area contributed by atoms with Gasteiger partial charge in [0, 0.05) is 18.0 Å². The van der Waals surface area contributed by atoms with Crippen LogP contribution in [-0.2, 0) is 6.54 Å². The molecular weight excluding hydrogens is 325 g/mol. The molecule has 2 rings (SSSR count). The predicted octanol–water partition coefficient (Wildman–Crippen LogP) is 1.91. The van der Waals surface area contributed by atoms with Gasteiger partial charge in [-0.05, 0) is 18.2 Å². The molecule has 0 spiro atoms. The van der Waals surface area contributed by atoms with E-state index in [1.54, 1.807) is 42.9 Å². The third kappa shape index (κ3) is 5.54. The van der Waals surface area contributed by atoms with Crippen molar-refractivity contribution >= 4 is 29.0 Å². The second-order valence-electron chi connectivity index (χ2n) is 3.94. The molecule has 0 saturated heterocycles. The number of nitrogens with zero attached hydrogens (tertiary/aromatic N) is 4. The number of amidine groups is 1. The SMILES string of the molecule is N#CN(N)Cc1cccnc1Cl.N=C(N)c1cccnc1Cl. The van der Waals surface area contributed by atoms with Gasteiger partial charge in [-0.1, -0.05) is 29.3 Å². The van der Waals surface area contributed by atoms with Crippen LogP contribution in [0.1, 0.15) is 11.1 Å². The number of rotatable bonds is 3. The standard InChI is InChI=1S/C7H7ClN4.C6H6ClN3/c8-7-6(2-1-3-11-7)4-12(10)5-9;7-5-4(6(8)9)2-1-3-10-5/h1-3H,4,10H2;1-3H,(H3,8,9). The van der Waals surface area contributed by atoms with E-state index in [-0.39, 0.29) is 17.5 Å². The molecule has 0 unspecified atom stereocenters. The minimum absolute atomic E-state index is 0.0573. The molecule has 0 saturated carbocycles. The van der Waals surface area contributed by atoms with Gasteiger partial charge in [0.15, 0.2) is 6.19 Å². The highest BCUT2D eigenvalue weighted by Gasteiger charge is 2.02. The van der Waals surface area contributed by atoms with Gasteiger partial charge in [0.1, 0.15) is 16.1 Å². The molecule has 22 heavy (non-hydrogen) atoms. The Morgan fingerprint density at radius 3 is 2.27 bits per heavy atom. The lowest BCUT2D eigenvalue weighted by molar-refractivity contribution is 0.404. The normalized spacial score (nSPS) is 9.18. The van der Waals surface area contributed by atoms with Gasteiger partial charge in [-0.15, -0.1) is 0 Å². The average Bonchev–Trinajstić information content (AvgIpc) is 2.50. The van der Waals surface area contributed by atoms with Crippen molar-refractivity contribution in [1.29, 1.82) is 10.7 Å². The van der Waals surface area contributed by atoms with Crippen molar-refractivity contribution in [3.63, 3.8) is 0 Å². The highest BCUT2D eigenvalue weighted by Crippen LogP contribution is 2.12. The summed E-state index contributed by atoms with van der Waals surface area (Å²) >= 11 is 11.3. The number of hydrogen-bond donors (Lipinski definition) is 3. The Morgan fingerprint density at radius 1 is 1.23 bits per heavy atom. The first-order valence-corrected chi connectivity index (χ1v) is 6.67. The first-order chi connectivity index (χ1) is 10.5. The lowest BCUT2D eigenvalue weighted by Gasteiger charge is -2.08. The Bertz CT molecular complexity index is 684. The first kappa shape index (κ1) is 17.7. The Balaban J connectivity index is 0.000000224. The van der Waals surface area contributed by atoms with Crippen molar-refractivity contribution < 1.29 is 0 Å². The van der Waals surface area contributed by atoms with E-state index < -0.39 is 0 Å². The number of nitrogen functional groups attached to an aromatic ring is 1. The molecular formula is C13H13Cl2N7. The van der Waals surface area contributed by atoms with Crippen molar-refractivity contribution in [2.24, 2.45) is 11.6 Å². The van der Waals surface area contributed by atoms with Crippen LogP contribution in [0.4, 0.5) is 0 Å². The van der Waals surface area contributed by atoms with Gasteiger partial charge >= 0.3 is 0 Å². The summed E-state index contributed by atoms with van der Waals surface area (Å²) < 4.78 is 0. The van der Waals surface area contributed by atoms with Crippen LogP contribution < -0.4 is 11.6 Å². The molecule has 5 N–H and O–H groups in total. The molecule has 0 aliphatic heterocycles. The van der Waals surface area contributed by atoms with Crippen molar-refractivity contribution in [3.05, 3.63) is 58.1 Å². The summed E-state index contributed by atoms with van der Waals surface area (Å²) in [5.74, 6) is 5.20. The van der Waals surface area contributed by atoms with Crippen LogP contribution in [0.5, 0.6) is 0 Å². The van der Waals surface area contributed by atoms with E-state index in [0.29, 0.717) is 10.7 Å². The molecule has 0 radical (unpaired) electrons. The molecule has 0 fully saturated rings. The predicted molar refractivity (Wildman–Crippen MR) is 84.9 cm³/mol. The second kappa shape index (κ2) is 8.79. The maximum Gasteiger partial charge on any atom is 0.195 e. The van der Waals surface area contributed by atoms with Crippen molar-refractivity contribution in [1.82, 2.24) is 15.0 Å². The number of nitrogens with one attached hydrogen (secondary N) is 1. The number of aromatic nitrogens is 2. The summed E-state index contributed by atoms with van der Waals surface area (Å²) in [6.07, 6.45) is 4.90. The van der Waals surface area contributed by atoms with Gasteiger partial charge in [-0.3, -0.25) is 5.41 Å². The van der Waals surface area contributed by atoms with Gasteiger partial charge in [0.2, 0.25) is 0 Å². The number of hydrogen-bond acceptors (Lipinski definition) is 6. The molecule has 0 bridgehead atoms. The largest absolute Gasteiger partial charge is 0.384 e. The molecule has 0 aliphatic carbocycles. The monoisotopic (exact) mass is 337 g/mol. The fourth-order valence-electron chi connectivity index (χ4n) is 1.34. The summed E-state index contributed by atoms with van der Waals surface area (Å²) in [4.78, 5) is 7.59. The van der Waals surface area contributed by atoms with Gasteiger partial charge in [0.25, 0.3) is 0 Å². The van der Waals surface area contributed by atoms with Crippen LogP contribution in [0.25, 0.3) is 0 Å². The number of halogens is 2. The molecule has 0 aromatic carbocycles. The summed E-state index contributed by atoms with van der Waals surface area (Å²) in [6.45, 7) is 0.281. The maximum absolute atomic E-state index is 8.37. The number of pyridine rings is 2. The zero-order valence-corrected chi connectivity index (χ0v) is 12.9. The van der Waals surface area contributed by atoms with Crippen LogP contribution in [0.3, 0.4) is 0 Å². The van der Waals surface area contributed by atoms with E-state index in [1.807, 2.05) is 0 Å². The van der Waals surface area contributed by atoms with Gasteiger partial charge in [-0.2, -0.15) is 5.26 Å². The Kier molecular flexibility index (Phi) is 7.05. The fraction of sp³-hybridized carbons (Fsp3) is 0.0769. The molecule has 2 aromatic rings. The van der Waals surface area contributed by atoms with Crippen LogP contribution in [0, 0.1) is 16.9 Å². The summed E-state index contributed by atoms with van der Waals surface area (Å²) in [5, 5.41) is 17.0. The minimum Gasteiger partial charge on any atom is -0.384 e. The van der Waals surface area contributed by atoms with Crippen LogP contribution in [-0.4, -0.2) is 20.8 Å². The summed E-state index contributed by atoms with van der Waals surface area (Å²) in [5.41, 5.74) is 6.39. The minimum atomic E-state index is -0.0573. The maximum atomic E-state index is 8.37. The number of nitriles is 1. The van der Waals surface area contributed by atoms with E-state index in [4.69, 9.17) is 45.4 Å². The Labute approximate surface area is 137 Å². The lowest BCUT2D eigenvalue weighted by Crippen LogP contribution is -2.24. The number of hydrazine groups is 1. The highest BCUT2D eigenvalue weighted by atomic mass is 35.5. The van der Waals surface area contributed by atoms with Crippen molar-refractivity contribution in [2.45, 2.75) is 6.54 Å².